The Bertz CT molecular complexity index is 674. The molecule has 3 nitrogen and oxygen atoms in total. The van der Waals surface area contributed by atoms with E-state index in [9.17, 15) is 10.1 Å². The zero-order valence-electron chi connectivity index (χ0n) is 9.36. The molecule has 1 saturated carbocycles. The predicted molar refractivity (Wildman–Crippen MR) is 65.7 cm³/mol. The lowest BCUT2D eigenvalue weighted by atomic mass is 9.66. The second-order valence-corrected chi connectivity index (χ2v) is 4.65. The Kier molecular flexibility index (Phi) is 2.05. The van der Waals surface area contributed by atoms with Gasteiger partial charge in [0, 0.05) is 11.1 Å². The van der Waals surface area contributed by atoms with Gasteiger partial charge in [-0.05, 0) is 36.8 Å². The highest BCUT2D eigenvalue weighted by molar-refractivity contribution is 5.79. The van der Waals surface area contributed by atoms with E-state index < -0.39 is 5.41 Å². The van der Waals surface area contributed by atoms with E-state index in [1.807, 2.05) is 30.3 Å². The first-order valence-electron chi connectivity index (χ1n) is 5.79. The molecule has 0 spiro atoms. The number of fused-ring (bicyclic) bond motifs is 1. The minimum absolute atomic E-state index is 0.120. The van der Waals surface area contributed by atoms with Crippen molar-refractivity contribution >= 4 is 10.9 Å². The van der Waals surface area contributed by atoms with Gasteiger partial charge in [0.25, 0.3) is 5.56 Å². The van der Waals surface area contributed by atoms with E-state index in [0.717, 1.165) is 30.2 Å². The molecule has 3 heteroatoms. The van der Waals surface area contributed by atoms with Gasteiger partial charge in [0.2, 0.25) is 0 Å². The lowest BCUT2D eigenvalue weighted by molar-refractivity contribution is 0.321. The molecule has 17 heavy (non-hydrogen) atoms. The highest BCUT2D eigenvalue weighted by atomic mass is 16.1. The SMILES string of the molecule is N#CC1(c2cc3ccccc3[nH]c2=O)CCC1. The summed E-state index contributed by atoms with van der Waals surface area (Å²) < 4.78 is 0. The van der Waals surface area contributed by atoms with Crippen molar-refractivity contribution < 1.29 is 0 Å². The zero-order chi connectivity index (χ0) is 11.9. The third kappa shape index (κ3) is 1.38. The average Bonchev–Trinajstić information content (AvgIpc) is 2.29. The first kappa shape index (κ1) is 10.1. The number of aromatic amines is 1. The van der Waals surface area contributed by atoms with Crippen LogP contribution in [0.15, 0.2) is 35.1 Å². The van der Waals surface area contributed by atoms with Crippen LogP contribution in [0, 0.1) is 11.3 Å². The van der Waals surface area contributed by atoms with E-state index >= 15 is 0 Å². The summed E-state index contributed by atoms with van der Waals surface area (Å²) in [5.74, 6) is 0. The summed E-state index contributed by atoms with van der Waals surface area (Å²) in [7, 11) is 0. The molecule has 0 saturated heterocycles. The largest absolute Gasteiger partial charge is 0.322 e. The summed E-state index contributed by atoms with van der Waals surface area (Å²) in [6.07, 6.45) is 2.62. The summed E-state index contributed by atoms with van der Waals surface area (Å²) in [4.78, 5) is 14.9. The molecule has 1 aliphatic rings. The normalized spacial score (nSPS) is 17.4. The number of H-pyrrole nitrogens is 1. The van der Waals surface area contributed by atoms with Crippen LogP contribution in [0.3, 0.4) is 0 Å². The van der Waals surface area contributed by atoms with Gasteiger partial charge in [-0.2, -0.15) is 5.26 Å². The Morgan fingerprint density at radius 2 is 2.06 bits per heavy atom. The highest BCUT2D eigenvalue weighted by Crippen LogP contribution is 2.42. The van der Waals surface area contributed by atoms with Crippen molar-refractivity contribution in [2.75, 3.05) is 0 Å². The molecular formula is C14H12N2O. The second-order valence-electron chi connectivity index (χ2n) is 4.65. The maximum atomic E-state index is 12.0. The molecule has 0 bridgehead atoms. The third-order valence-electron chi connectivity index (χ3n) is 3.69. The molecule has 1 aromatic heterocycles. The van der Waals surface area contributed by atoms with Crippen molar-refractivity contribution in [1.29, 1.82) is 5.26 Å². The Morgan fingerprint density at radius 3 is 2.71 bits per heavy atom. The van der Waals surface area contributed by atoms with E-state index in [0.29, 0.717) is 5.56 Å². The maximum Gasteiger partial charge on any atom is 0.253 e. The van der Waals surface area contributed by atoms with Crippen molar-refractivity contribution in [1.82, 2.24) is 4.98 Å². The summed E-state index contributed by atoms with van der Waals surface area (Å²) in [6, 6.07) is 11.8. The van der Waals surface area contributed by atoms with Gasteiger partial charge in [0.05, 0.1) is 11.5 Å². The van der Waals surface area contributed by atoms with Crippen LogP contribution in [0.1, 0.15) is 24.8 Å². The molecule has 1 aliphatic carbocycles. The zero-order valence-corrected chi connectivity index (χ0v) is 9.36. The molecule has 84 valence electrons. The molecule has 0 atom stereocenters. The van der Waals surface area contributed by atoms with Gasteiger partial charge in [-0.3, -0.25) is 4.79 Å². The van der Waals surface area contributed by atoms with Gasteiger partial charge in [-0.1, -0.05) is 18.2 Å². The standard InChI is InChI=1S/C14H12N2O/c15-9-14(6-3-7-14)11-8-10-4-1-2-5-12(10)16-13(11)17/h1-2,4-5,8H,3,6-7H2,(H,16,17). The quantitative estimate of drug-likeness (QED) is 0.809. The Balaban J connectivity index is 2.27. The van der Waals surface area contributed by atoms with E-state index in [2.05, 4.69) is 11.1 Å². The highest BCUT2D eigenvalue weighted by Gasteiger charge is 2.41. The van der Waals surface area contributed by atoms with Gasteiger partial charge in [0.1, 0.15) is 0 Å². The van der Waals surface area contributed by atoms with Crippen LogP contribution in [0.4, 0.5) is 0 Å². The Morgan fingerprint density at radius 1 is 1.29 bits per heavy atom. The molecular weight excluding hydrogens is 212 g/mol. The number of nitrogens with zero attached hydrogens (tertiary/aromatic N) is 1. The van der Waals surface area contributed by atoms with E-state index in [1.54, 1.807) is 0 Å². The van der Waals surface area contributed by atoms with Gasteiger partial charge < -0.3 is 4.98 Å². The van der Waals surface area contributed by atoms with Crippen LogP contribution in [0.2, 0.25) is 0 Å². The molecule has 0 radical (unpaired) electrons. The molecule has 0 unspecified atom stereocenters. The fourth-order valence-corrected chi connectivity index (χ4v) is 2.47. The van der Waals surface area contributed by atoms with E-state index in [1.165, 1.54) is 0 Å². The average molecular weight is 224 g/mol. The van der Waals surface area contributed by atoms with Crippen LogP contribution in [0.5, 0.6) is 0 Å². The van der Waals surface area contributed by atoms with Crippen LogP contribution in [-0.4, -0.2) is 4.98 Å². The monoisotopic (exact) mass is 224 g/mol. The molecule has 3 rings (SSSR count). The van der Waals surface area contributed by atoms with Crippen LogP contribution < -0.4 is 5.56 Å². The minimum atomic E-state index is -0.544. The second kappa shape index (κ2) is 3.46. The van der Waals surface area contributed by atoms with Crippen LogP contribution in [0.25, 0.3) is 10.9 Å². The number of pyridine rings is 1. The number of para-hydroxylation sites is 1. The smallest absolute Gasteiger partial charge is 0.253 e. The maximum absolute atomic E-state index is 12.0. The molecule has 0 amide bonds. The molecule has 1 fully saturated rings. The molecule has 2 aromatic rings. The summed E-state index contributed by atoms with van der Waals surface area (Å²) in [5.41, 5.74) is 0.793. The molecule has 1 aromatic carbocycles. The van der Waals surface area contributed by atoms with E-state index in [4.69, 9.17) is 0 Å². The first-order valence-corrected chi connectivity index (χ1v) is 5.79. The topological polar surface area (TPSA) is 56.6 Å². The lowest BCUT2D eigenvalue weighted by Gasteiger charge is -2.34. The number of rotatable bonds is 1. The lowest BCUT2D eigenvalue weighted by Crippen LogP contribution is -2.37. The van der Waals surface area contributed by atoms with Crippen molar-refractivity contribution in [3.63, 3.8) is 0 Å². The number of nitrogens with one attached hydrogen (secondary N) is 1. The van der Waals surface area contributed by atoms with Crippen molar-refractivity contribution in [2.45, 2.75) is 24.7 Å². The molecule has 1 heterocycles. The predicted octanol–water partition coefficient (Wildman–Crippen LogP) is 2.47. The van der Waals surface area contributed by atoms with E-state index in [-0.39, 0.29) is 5.56 Å². The van der Waals surface area contributed by atoms with Gasteiger partial charge >= 0.3 is 0 Å². The fourth-order valence-electron chi connectivity index (χ4n) is 2.47. The molecule has 1 N–H and O–H groups in total. The number of aromatic nitrogens is 1. The summed E-state index contributed by atoms with van der Waals surface area (Å²) >= 11 is 0. The van der Waals surface area contributed by atoms with Gasteiger partial charge in [-0.15, -0.1) is 0 Å². The number of hydrogen-bond donors (Lipinski definition) is 1. The van der Waals surface area contributed by atoms with Gasteiger partial charge in [-0.25, -0.2) is 0 Å². The molecule has 0 aliphatic heterocycles. The van der Waals surface area contributed by atoms with Crippen LogP contribution in [-0.2, 0) is 5.41 Å². The summed E-state index contributed by atoms with van der Waals surface area (Å²) in [6.45, 7) is 0. The Hall–Kier alpha value is -2.08. The van der Waals surface area contributed by atoms with Crippen LogP contribution >= 0.6 is 0 Å². The van der Waals surface area contributed by atoms with Gasteiger partial charge in [0.15, 0.2) is 0 Å². The van der Waals surface area contributed by atoms with Crippen molar-refractivity contribution in [3.05, 3.63) is 46.2 Å². The number of hydrogen-bond acceptors (Lipinski definition) is 2. The fraction of sp³-hybridized carbons (Fsp3) is 0.286. The van der Waals surface area contributed by atoms with Crippen molar-refractivity contribution in [3.8, 4) is 6.07 Å². The number of nitriles is 1. The third-order valence-corrected chi connectivity index (χ3v) is 3.69. The minimum Gasteiger partial charge on any atom is -0.322 e. The first-order chi connectivity index (χ1) is 8.25. The van der Waals surface area contributed by atoms with Crippen molar-refractivity contribution in [2.24, 2.45) is 0 Å². The Labute approximate surface area is 98.7 Å². The number of benzene rings is 1. The summed E-state index contributed by atoms with van der Waals surface area (Å²) in [5, 5.41) is 10.3.